The molecule has 0 amide bonds. The number of rotatable bonds is 7. The molecule has 5 nitrogen and oxygen atoms in total. The number of aromatic nitrogens is 2. The molecule has 0 saturated heterocycles. The first-order valence-corrected chi connectivity index (χ1v) is 6.76. The van der Waals surface area contributed by atoms with Gasteiger partial charge < -0.3 is 14.6 Å². The molecule has 1 N–H and O–H groups in total. The third-order valence-electron chi connectivity index (χ3n) is 3.60. The first kappa shape index (κ1) is 15.7. The number of aryl methyl sites for hydroxylation is 2. The Bertz CT molecular complexity index is 428. The molecule has 0 spiro atoms. The average Bonchev–Trinajstić information content (AvgIpc) is 2.73. The number of nitrogens with one attached hydrogen (secondary N) is 1. The molecular weight excluding hydrogens is 242 g/mol. The first-order valence-electron chi connectivity index (χ1n) is 6.76. The van der Waals surface area contributed by atoms with Crippen molar-refractivity contribution in [3.8, 4) is 0 Å². The fourth-order valence-electron chi connectivity index (χ4n) is 2.00. The average molecular weight is 267 g/mol. The van der Waals surface area contributed by atoms with Crippen LogP contribution in [-0.2, 0) is 16.1 Å². The van der Waals surface area contributed by atoms with E-state index in [0.717, 1.165) is 30.9 Å². The molecule has 1 heterocycles. The van der Waals surface area contributed by atoms with Crippen LogP contribution in [0.5, 0.6) is 0 Å². The molecule has 0 aliphatic heterocycles. The van der Waals surface area contributed by atoms with Gasteiger partial charge in [0.15, 0.2) is 0 Å². The number of nitrogens with zero attached hydrogens (tertiary/aromatic N) is 2. The number of methoxy groups -OCH3 is 1. The van der Waals surface area contributed by atoms with E-state index in [0.29, 0.717) is 6.42 Å². The molecule has 1 unspecified atom stereocenters. The van der Waals surface area contributed by atoms with Gasteiger partial charge in [-0.15, -0.1) is 0 Å². The molecule has 0 bridgehead atoms. The van der Waals surface area contributed by atoms with Gasteiger partial charge >= 0.3 is 5.97 Å². The van der Waals surface area contributed by atoms with Gasteiger partial charge in [-0.3, -0.25) is 4.79 Å². The van der Waals surface area contributed by atoms with E-state index in [2.05, 4.69) is 21.8 Å². The molecule has 0 saturated carbocycles. The predicted molar refractivity (Wildman–Crippen MR) is 75.0 cm³/mol. The van der Waals surface area contributed by atoms with Crippen molar-refractivity contribution >= 4 is 5.97 Å². The molecule has 0 aliphatic rings. The van der Waals surface area contributed by atoms with Gasteiger partial charge in [0.2, 0.25) is 0 Å². The summed E-state index contributed by atoms with van der Waals surface area (Å²) in [5.74, 6) is -0.213. The van der Waals surface area contributed by atoms with E-state index in [9.17, 15) is 4.79 Å². The van der Waals surface area contributed by atoms with E-state index < -0.39 is 5.54 Å². The standard InChI is InChI=1S/C14H25N3O2/c1-6-8-16-14(4,13(18)19-5)7-9-17-10-15-11(2)12(17)3/h10,16H,6-9H2,1-5H3. The normalized spacial score (nSPS) is 14.2. The van der Waals surface area contributed by atoms with E-state index >= 15 is 0 Å². The van der Waals surface area contributed by atoms with Crippen LogP contribution in [0.25, 0.3) is 0 Å². The van der Waals surface area contributed by atoms with Crippen LogP contribution in [0, 0.1) is 13.8 Å². The Morgan fingerprint density at radius 1 is 1.53 bits per heavy atom. The van der Waals surface area contributed by atoms with E-state index in [1.54, 1.807) is 0 Å². The number of carbonyl (C=O) groups is 1. The molecule has 108 valence electrons. The summed E-state index contributed by atoms with van der Waals surface area (Å²) in [6.45, 7) is 9.54. The lowest BCUT2D eigenvalue weighted by molar-refractivity contribution is -0.148. The molecule has 0 aliphatic carbocycles. The molecule has 1 aromatic rings. The van der Waals surface area contributed by atoms with Gasteiger partial charge in [-0.1, -0.05) is 6.92 Å². The van der Waals surface area contributed by atoms with Crippen LogP contribution in [0.4, 0.5) is 0 Å². The van der Waals surface area contributed by atoms with Crippen molar-refractivity contribution in [3.63, 3.8) is 0 Å². The van der Waals surface area contributed by atoms with Crippen molar-refractivity contribution < 1.29 is 9.53 Å². The Kier molecular flexibility index (Phi) is 5.54. The monoisotopic (exact) mass is 267 g/mol. The van der Waals surface area contributed by atoms with Crippen LogP contribution >= 0.6 is 0 Å². The smallest absolute Gasteiger partial charge is 0.325 e. The molecule has 5 heteroatoms. The zero-order valence-electron chi connectivity index (χ0n) is 12.6. The maximum atomic E-state index is 11.9. The van der Waals surface area contributed by atoms with Crippen molar-refractivity contribution in [1.29, 1.82) is 0 Å². The number of hydrogen-bond acceptors (Lipinski definition) is 4. The van der Waals surface area contributed by atoms with Crippen molar-refractivity contribution in [3.05, 3.63) is 17.7 Å². The number of ether oxygens (including phenoxy) is 1. The summed E-state index contributed by atoms with van der Waals surface area (Å²) in [4.78, 5) is 16.2. The van der Waals surface area contributed by atoms with Crippen molar-refractivity contribution in [1.82, 2.24) is 14.9 Å². The Balaban J connectivity index is 2.72. The highest BCUT2D eigenvalue weighted by atomic mass is 16.5. The Morgan fingerprint density at radius 3 is 2.68 bits per heavy atom. The molecule has 0 fully saturated rings. The van der Waals surface area contributed by atoms with Crippen molar-refractivity contribution in [2.45, 2.75) is 52.6 Å². The minimum Gasteiger partial charge on any atom is -0.468 e. The van der Waals surface area contributed by atoms with Gasteiger partial charge in [-0.25, -0.2) is 4.98 Å². The second kappa shape index (κ2) is 6.70. The van der Waals surface area contributed by atoms with E-state index in [1.165, 1.54) is 7.11 Å². The lowest BCUT2D eigenvalue weighted by atomic mass is 9.97. The van der Waals surface area contributed by atoms with E-state index in [4.69, 9.17) is 4.74 Å². The molecule has 19 heavy (non-hydrogen) atoms. The summed E-state index contributed by atoms with van der Waals surface area (Å²) in [7, 11) is 1.43. The molecular formula is C14H25N3O2. The van der Waals surface area contributed by atoms with Crippen LogP contribution in [0.3, 0.4) is 0 Å². The van der Waals surface area contributed by atoms with Crippen molar-refractivity contribution in [2.24, 2.45) is 0 Å². The third-order valence-corrected chi connectivity index (χ3v) is 3.60. The van der Waals surface area contributed by atoms with E-state index in [1.807, 2.05) is 27.1 Å². The van der Waals surface area contributed by atoms with Crippen molar-refractivity contribution in [2.75, 3.05) is 13.7 Å². The zero-order chi connectivity index (χ0) is 14.5. The van der Waals surface area contributed by atoms with Gasteiger partial charge in [0.05, 0.1) is 19.1 Å². The van der Waals surface area contributed by atoms with Gasteiger partial charge in [-0.05, 0) is 40.2 Å². The highest BCUT2D eigenvalue weighted by Crippen LogP contribution is 2.15. The highest BCUT2D eigenvalue weighted by Gasteiger charge is 2.33. The molecule has 1 atom stereocenters. The lowest BCUT2D eigenvalue weighted by Gasteiger charge is -2.28. The third kappa shape index (κ3) is 3.80. The van der Waals surface area contributed by atoms with Crippen LogP contribution in [0.1, 0.15) is 38.1 Å². The summed E-state index contributed by atoms with van der Waals surface area (Å²) in [5.41, 5.74) is 1.53. The summed E-state index contributed by atoms with van der Waals surface area (Å²) < 4.78 is 6.98. The maximum Gasteiger partial charge on any atom is 0.325 e. The molecule has 1 rings (SSSR count). The van der Waals surface area contributed by atoms with Gasteiger partial charge in [-0.2, -0.15) is 0 Å². The predicted octanol–water partition coefficient (Wildman–Crippen LogP) is 1.82. The minimum atomic E-state index is -0.643. The fraction of sp³-hybridized carbons (Fsp3) is 0.714. The largest absolute Gasteiger partial charge is 0.468 e. The summed E-state index contributed by atoms with van der Waals surface area (Å²) in [6, 6.07) is 0. The summed E-state index contributed by atoms with van der Waals surface area (Å²) in [6.07, 6.45) is 3.48. The molecule has 0 radical (unpaired) electrons. The maximum absolute atomic E-state index is 11.9. The Labute approximate surface area is 115 Å². The topological polar surface area (TPSA) is 56.2 Å². The number of carbonyl (C=O) groups excluding carboxylic acids is 1. The van der Waals surface area contributed by atoms with Gasteiger partial charge in [0.25, 0.3) is 0 Å². The molecule has 1 aromatic heterocycles. The second-order valence-corrected chi connectivity index (χ2v) is 5.11. The molecule has 0 aromatic carbocycles. The van der Waals surface area contributed by atoms with Gasteiger partial charge in [0, 0.05) is 12.2 Å². The lowest BCUT2D eigenvalue weighted by Crippen LogP contribution is -2.51. The Hall–Kier alpha value is -1.36. The zero-order valence-corrected chi connectivity index (χ0v) is 12.6. The number of esters is 1. The quantitative estimate of drug-likeness (QED) is 0.766. The van der Waals surface area contributed by atoms with Crippen LogP contribution < -0.4 is 5.32 Å². The second-order valence-electron chi connectivity index (χ2n) is 5.11. The van der Waals surface area contributed by atoms with Crippen LogP contribution in [-0.4, -0.2) is 34.7 Å². The van der Waals surface area contributed by atoms with E-state index in [-0.39, 0.29) is 5.97 Å². The first-order chi connectivity index (χ1) is 8.94. The highest BCUT2D eigenvalue weighted by molar-refractivity contribution is 5.80. The number of hydrogen-bond donors (Lipinski definition) is 1. The summed E-state index contributed by atoms with van der Waals surface area (Å²) in [5, 5.41) is 3.28. The fourth-order valence-corrected chi connectivity index (χ4v) is 2.00. The minimum absolute atomic E-state index is 0.213. The van der Waals surface area contributed by atoms with Gasteiger partial charge in [0.1, 0.15) is 5.54 Å². The van der Waals surface area contributed by atoms with Crippen LogP contribution in [0.2, 0.25) is 0 Å². The van der Waals surface area contributed by atoms with Crippen LogP contribution in [0.15, 0.2) is 6.33 Å². The Morgan fingerprint density at radius 2 is 2.21 bits per heavy atom. The number of imidazole rings is 1. The SMILES string of the molecule is CCCNC(C)(CCn1cnc(C)c1C)C(=O)OC. The summed E-state index contributed by atoms with van der Waals surface area (Å²) >= 11 is 0.